The standard InChI is InChI=1S/C29H38F4N4O6.C20H28FNO6.C5HCl2F3N2/c1-6-11-36(3)28-34-14-21(29(31,32)33)25(35-28)43-24-12-20(27(39)40)23(13-22(24)30)37(19(15-41-4)16-42-5)26(38)18-9-7-17(2)8-10-18;1-12-4-6-13(7-5-12)19(24)22(14(10-27-2)11-28-3)17-9-16(21)18(23)8-15(17)20(25)26;6-3-2(5(8,9)10)1-11-4(7)12-3/h12-14,17-19H,6-11,15-16H2,1-5H3,(H,39,40);8-9,12-14,23H,4-7,10-11H2,1-3H3,(H,25,26);1H. The molecule has 2 fully saturated rings. The summed E-state index contributed by atoms with van der Waals surface area (Å²) in [5.74, 6) is -8.26. The SMILES string of the molecule is CCCN(C)c1ncc(C(F)(F)F)c(Oc2cc(C(=O)O)c(N(C(=O)C3CCC(C)CC3)C(COC)COC)cc2F)n1.COCC(COC)N(C(=O)C1CCC(C)CC1)c1cc(F)c(O)cc1C(=O)O.FC(F)(F)c1cnc(Cl)nc1Cl. The fourth-order valence-corrected chi connectivity index (χ4v) is 9.77. The Kier molecular flexibility index (Phi) is 26.3. The maximum absolute atomic E-state index is 15.7. The number of aromatic hydroxyl groups is 1. The summed E-state index contributed by atoms with van der Waals surface area (Å²) in [6.07, 6.45) is -1.86. The summed E-state index contributed by atoms with van der Waals surface area (Å²) in [5, 5.41) is 28.3. The molecule has 2 aromatic heterocycles. The number of benzene rings is 2. The van der Waals surface area contributed by atoms with Gasteiger partial charge < -0.3 is 53.7 Å². The molecule has 3 N–H and O–H groups in total. The van der Waals surface area contributed by atoms with Crippen LogP contribution in [0.2, 0.25) is 10.4 Å². The molecular formula is C54H67Cl2F8N7O12. The number of carbonyl (C=O) groups is 4. The molecule has 2 aliphatic carbocycles. The third-order valence-corrected chi connectivity index (χ3v) is 14.1. The van der Waals surface area contributed by atoms with Crippen molar-refractivity contribution in [3.8, 4) is 17.4 Å². The van der Waals surface area contributed by atoms with E-state index in [1.54, 1.807) is 7.05 Å². The van der Waals surface area contributed by atoms with E-state index in [1.807, 2.05) is 6.92 Å². The van der Waals surface area contributed by atoms with Crippen molar-refractivity contribution < 1.29 is 93.3 Å². The van der Waals surface area contributed by atoms with Crippen LogP contribution in [-0.4, -0.2) is 140 Å². The second kappa shape index (κ2) is 31.6. The summed E-state index contributed by atoms with van der Waals surface area (Å²) < 4.78 is 133. The number of phenolic OH excluding ortho intramolecular Hbond substituents is 1. The number of aromatic nitrogens is 4. The van der Waals surface area contributed by atoms with E-state index in [0.717, 1.165) is 49.9 Å². The highest BCUT2D eigenvalue weighted by Gasteiger charge is 2.40. The van der Waals surface area contributed by atoms with Gasteiger partial charge in [0.2, 0.25) is 28.9 Å². The zero-order valence-electron chi connectivity index (χ0n) is 46.8. The minimum Gasteiger partial charge on any atom is -0.505 e. The predicted molar refractivity (Wildman–Crippen MR) is 288 cm³/mol. The van der Waals surface area contributed by atoms with Crippen molar-refractivity contribution in [3.63, 3.8) is 0 Å². The number of carbonyl (C=O) groups excluding carboxylic acids is 2. The van der Waals surface area contributed by atoms with E-state index >= 15 is 4.39 Å². The summed E-state index contributed by atoms with van der Waals surface area (Å²) in [6.45, 7) is 6.57. The topological polar surface area (TPSA) is 236 Å². The van der Waals surface area contributed by atoms with Crippen LogP contribution in [0.15, 0.2) is 36.7 Å². The van der Waals surface area contributed by atoms with Gasteiger partial charge >= 0.3 is 24.3 Å². The number of nitrogens with zero attached hydrogens (tertiary/aromatic N) is 7. The van der Waals surface area contributed by atoms with Gasteiger partial charge in [-0.2, -0.15) is 31.3 Å². The molecule has 19 nitrogen and oxygen atoms in total. The summed E-state index contributed by atoms with van der Waals surface area (Å²) in [7, 11) is 7.29. The highest BCUT2D eigenvalue weighted by atomic mass is 35.5. The second-order valence-corrected chi connectivity index (χ2v) is 20.6. The van der Waals surface area contributed by atoms with E-state index in [1.165, 1.54) is 43.1 Å². The van der Waals surface area contributed by atoms with Gasteiger partial charge in [0.25, 0.3) is 0 Å². The van der Waals surface area contributed by atoms with Crippen molar-refractivity contribution >= 4 is 64.3 Å². The molecule has 0 aliphatic heterocycles. The molecule has 0 atom stereocenters. The third kappa shape index (κ3) is 19.1. The van der Waals surface area contributed by atoms with Gasteiger partial charge in [-0.1, -0.05) is 32.4 Å². The van der Waals surface area contributed by atoms with Crippen LogP contribution in [0.1, 0.15) is 110 Å². The fraction of sp³-hybridized carbons (Fsp3) is 0.556. The van der Waals surface area contributed by atoms with Crippen LogP contribution in [0.3, 0.4) is 0 Å². The number of rotatable bonds is 21. The molecule has 4 aromatic rings. The van der Waals surface area contributed by atoms with Crippen LogP contribution >= 0.6 is 23.2 Å². The van der Waals surface area contributed by atoms with Crippen LogP contribution in [0.25, 0.3) is 0 Å². The summed E-state index contributed by atoms with van der Waals surface area (Å²) in [5.41, 5.74) is -3.77. The zero-order valence-corrected chi connectivity index (χ0v) is 48.3. The van der Waals surface area contributed by atoms with Crippen molar-refractivity contribution in [2.45, 2.75) is 103 Å². The molecule has 2 aliphatic rings. The third-order valence-electron chi connectivity index (χ3n) is 13.6. The molecule has 0 bridgehead atoms. The maximum Gasteiger partial charge on any atom is 0.423 e. The molecule has 2 aromatic carbocycles. The first kappa shape index (κ1) is 69.2. The number of alkyl halides is 6. The first-order valence-corrected chi connectivity index (χ1v) is 26.8. The highest BCUT2D eigenvalue weighted by Crippen LogP contribution is 2.42. The Hall–Kier alpha value is -6.26. The van der Waals surface area contributed by atoms with Gasteiger partial charge in [-0.15, -0.1) is 0 Å². The molecular weight excluding hydrogens is 1160 g/mol. The van der Waals surface area contributed by atoms with Gasteiger partial charge in [-0.05, 0) is 87.3 Å². The number of hydrogen-bond acceptors (Lipinski definition) is 15. The Morgan fingerprint density at radius 2 is 1.07 bits per heavy atom. The zero-order chi connectivity index (χ0) is 62.1. The number of aromatic carboxylic acids is 2. The average Bonchev–Trinajstić information content (AvgIpc) is 3.62. The molecule has 6 rings (SSSR count). The Morgan fingerprint density at radius 1 is 0.651 bits per heavy atom. The van der Waals surface area contributed by atoms with Gasteiger partial charge in [-0.3, -0.25) is 9.59 Å². The van der Waals surface area contributed by atoms with E-state index in [9.17, 15) is 65.2 Å². The molecule has 29 heteroatoms. The van der Waals surface area contributed by atoms with Gasteiger partial charge in [0.15, 0.2) is 23.1 Å². The Morgan fingerprint density at radius 3 is 1.47 bits per heavy atom. The minimum absolute atomic E-state index is 0.0500. The predicted octanol–water partition coefficient (Wildman–Crippen LogP) is 11.6. The van der Waals surface area contributed by atoms with Crippen molar-refractivity contribution in [2.75, 3.05) is 83.2 Å². The molecule has 0 spiro atoms. The summed E-state index contributed by atoms with van der Waals surface area (Å²) in [4.78, 5) is 69.4. The monoisotopic (exact) mass is 1230 g/mol. The lowest BCUT2D eigenvalue weighted by Crippen LogP contribution is -2.49. The lowest BCUT2D eigenvalue weighted by atomic mass is 9.82. The minimum atomic E-state index is -4.95. The molecule has 0 unspecified atom stereocenters. The first-order valence-electron chi connectivity index (χ1n) is 26.1. The van der Waals surface area contributed by atoms with Crippen molar-refractivity contribution in [3.05, 3.63) is 81.0 Å². The van der Waals surface area contributed by atoms with E-state index in [0.29, 0.717) is 62.9 Å². The molecule has 2 heterocycles. The molecule has 2 amide bonds. The quantitative estimate of drug-likeness (QED) is 0.0399. The number of carboxylic acids is 2. The molecule has 83 heavy (non-hydrogen) atoms. The molecule has 460 valence electrons. The Balaban J connectivity index is 0.000000313. The lowest BCUT2D eigenvalue weighted by Gasteiger charge is -2.36. The van der Waals surface area contributed by atoms with Crippen molar-refractivity contribution in [2.24, 2.45) is 23.7 Å². The fourth-order valence-electron chi connectivity index (χ4n) is 9.36. The number of hydrogen-bond donors (Lipinski definition) is 3. The summed E-state index contributed by atoms with van der Waals surface area (Å²) >= 11 is 10.4. The van der Waals surface area contributed by atoms with E-state index in [-0.39, 0.29) is 66.4 Å². The van der Waals surface area contributed by atoms with Crippen molar-refractivity contribution in [1.82, 2.24) is 19.9 Å². The Labute approximate surface area is 484 Å². The number of amides is 2. The van der Waals surface area contributed by atoms with Crippen LogP contribution in [0.4, 0.5) is 52.4 Å². The number of halogens is 10. The number of anilines is 3. The number of carboxylic acid groups (broad SMARTS) is 2. The van der Waals surface area contributed by atoms with Crippen LogP contribution < -0.4 is 19.4 Å². The van der Waals surface area contributed by atoms with Crippen LogP contribution in [-0.2, 0) is 40.9 Å². The van der Waals surface area contributed by atoms with E-state index in [2.05, 4.69) is 33.8 Å². The van der Waals surface area contributed by atoms with Crippen LogP contribution in [0.5, 0.6) is 17.4 Å². The lowest BCUT2D eigenvalue weighted by molar-refractivity contribution is -0.139. The summed E-state index contributed by atoms with van der Waals surface area (Å²) in [6, 6.07) is 1.79. The van der Waals surface area contributed by atoms with Crippen molar-refractivity contribution in [1.29, 1.82) is 0 Å². The average molecular weight is 1230 g/mol. The largest absolute Gasteiger partial charge is 0.505 e. The van der Waals surface area contributed by atoms with E-state index in [4.69, 9.17) is 46.9 Å². The molecule has 0 saturated heterocycles. The normalized spacial score (nSPS) is 17.2. The number of ether oxygens (including phenoxy) is 5. The van der Waals surface area contributed by atoms with Gasteiger partial charge in [-0.25, -0.2) is 33.3 Å². The maximum atomic E-state index is 15.7. The first-order chi connectivity index (χ1) is 39.0. The second-order valence-electron chi connectivity index (χ2n) is 19.9. The van der Waals surface area contributed by atoms with Gasteiger partial charge in [0.05, 0.1) is 61.0 Å². The Bertz CT molecular complexity index is 2810. The number of phenols is 1. The van der Waals surface area contributed by atoms with Gasteiger partial charge in [0.1, 0.15) is 16.3 Å². The highest BCUT2D eigenvalue weighted by molar-refractivity contribution is 6.32. The molecule has 0 radical (unpaired) electrons. The van der Waals surface area contributed by atoms with E-state index < -0.39 is 99.1 Å². The number of methoxy groups -OCH3 is 4. The smallest absolute Gasteiger partial charge is 0.423 e. The molecule has 2 saturated carbocycles. The van der Waals surface area contributed by atoms with Gasteiger partial charge in [0, 0.05) is 84.5 Å². The van der Waals surface area contributed by atoms with Crippen LogP contribution in [0, 0.1) is 35.3 Å².